The Labute approximate surface area is 194 Å². The first kappa shape index (κ1) is 21.2. The number of nitriles is 1. The van der Waals surface area contributed by atoms with Gasteiger partial charge >= 0.3 is 0 Å². The second kappa shape index (κ2) is 8.26. The third-order valence-electron chi connectivity index (χ3n) is 4.70. The molecule has 0 spiro atoms. The fourth-order valence-corrected chi connectivity index (χ4v) is 5.29. The number of nitrogens with zero attached hydrogens (tertiary/aromatic N) is 3. The molecule has 0 unspecified atom stereocenters. The fraction of sp³-hybridized carbons (Fsp3) is 0.143. The lowest BCUT2D eigenvalue weighted by Gasteiger charge is -2.12. The molecule has 0 saturated carbocycles. The van der Waals surface area contributed by atoms with Crippen LogP contribution < -0.4 is 16.8 Å². The van der Waals surface area contributed by atoms with Gasteiger partial charge in [0.15, 0.2) is 5.13 Å². The molecule has 0 saturated heterocycles. The normalized spacial score (nSPS) is 11.1. The van der Waals surface area contributed by atoms with Crippen LogP contribution in [0.15, 0.2) is 34.1 Å². The summed E-state index contributed by atoms with van der Waals surface area (Å²) in [5.74, 6) is -0.238. The Morgan fingerprint density at radius 2 is 1.94 bits per heavy atom. The Balaban J connectivity index is 1.69. The topological polar surface area (TPSA) is 131 Å². The average Bonchev–Trinajstić information content (AvgIpc) is 3.32. The van der Waals surface area contributed by atoms with E-state index < -0.39 is 0 Å². The van der Waals surface area contributed by atoms with Crippen LogP contribution in [0.4, 0.5) is 16.6 Å². The molecule has 156 valence electrons. The molecule has 31 heavy (non-hydrogen) atoms. The Hall–Kier alpha value is -3.00. The molecule has 0 aliphatic heterocycles. The van der Waals surface area contributed by atoms with Crippen LogP contribution in [0, 0.1) is 11.3 Å². The van der Waals surface area contributed by atoms with Crippen molar-refractivity contribution in [2.45, 2.75) is 19.8 Å². The van der Waals surface area contributed by atoms with Crippen LogP contribution in [0.5, 0.6) is 0 Å². The number of amides is 1. The van der Waals surface area contributed by atoms with Crippen LogP contribution in [-0.2, 0) is 0 Å². The first-order chi connectivity index (χ1) is 14.8. The lowest BCUT2D eigenvalue weighted by atomic mass is 9.95. The maximum Gasteiger partial charge on any atom is 0.269 e. The summed E-state index contributed by atoms with van der Waals surface area (Å²) in [6.07, 6.45) is 0. The molecule has 0 bridgehead atoms. The van der Waals surface area contributed by atoms with Crippen molar-refractivity contribution >= 4 is 71.4 Å². The Kier molecular flexibility index (Phi) is 5.66. The molecule has 0 aliphatic carbocycles. The van der Waals surface area contributed by atoms with Gasteiger partial charge in [0, 0.05) is 20.8 Å². The number of carbonyl (C=O) groups excluding carboxylic acids is 1. The van der Waals surface area contributed by atoms with E-state index in [2.05, 4.69) is 37.3 Å². The maximum absolute atomic E-state index is 13.0. The van der Waals surface area contributed by atoms with Crippen molar-refractivity contribution in [1.82, 2.24) is 9.97 Å². The first-order valence-corrected chi connectivity index (χ1v) is 11.7. The highest BCUT2D eigenvalue weighted by atomic mass is 79.9. The van der Waals surface area contributed by atoms with E-state index in [4.69, 9.17) is 11.5 Å². The molecular formula is C21H17BrN6OS2. The smallest absolute Gasteiger partial charge is 0.269 e. The zero-order valence-electron chi connectivity index (χ0n) is 16.6. The SMILES string of the molecule is CC(C)c1c(C#N)c(N)nc2sc(C(=O)Nc3nc(-c4ccc(Br)cc4)cs3)c(N)c12. The number of fused-ring (bicyclic) bond motifs is 1. The number of nitrogen functional groups attached to an aromatic ring is 2. The zero-order valence-corrected chi connectivity index (χ0v) is 19.8. The number of thiophene rings is 1. The number of nitrogens with one attached hydrogen (secondary N) is 1. The number of pyridine rings is 1. The summed E-state index contributed by atoms with van der Waals surface area (Å²) >= 11 is 5.90. The molecule has 1 aromatic carbocycles. The molecule has 3 heterocycles. The number of hydrogen-bond donors (Lipinski definition) is 3. The minimum absolute atomic E-state index is 0.0114. The lowest BCUT2D eigenvalue weighted by molar-refractivity contribution is 0.103. The average molecular weight is 513 g/mol. The van der Waals surface area contributed by atoms with Crippen LogP contribution in [0.25, 0.3) is 21.5 Å². The Bertz CT molecular complexity index is 1350. The highest BCUT2D eigenvalue weighted by Crippen LogP contribution is 2.41. The largest absolute Gasteiger partial charge is 0.397 e. The highest BCUT2D eigenvalue weighted by Gasteiger charge is 2.25. The Morgan fingerprint density at radius 1 is 1.23 bits per heavy atom. The van der Waals surface area contributed by atoms with E-state index in [0.717, 1.165) is 27.1 Å². The van der Waals surface area contributed by atoms with Crippen molar-refractivity contribution in [2.24, 2.45) is 0 Å². The highest BCUT2D eigenvalue weighted by molar-refractivity contribution is 9.10. The van der Waals surface area contributed by atoms with E-state index in [-0.39, 0.29) is 17.6 Å². The number of aromatic nitrogens is 2. The third kappa shape index (κ3) is 3.87. The van der Waals surface area contributed by atoms with Crippen LogP contribution in [0.1, 0.15) is 40.6 Å². The summed E-state index contributed by atoms with van der Waals surface area (Å²) in [5, 5.41) is 15.3. The van der Waals surface area contributed by atoms with E-state index in [1.807, 2.05) is 43.5 Å². The number of carbonyl (C=O) groups is 1. The second-order valence-corrected chi connectivity index (χ2v) is 9.85. The molecule has 5 N–H and O–H groups in total. The van der Waals surface area contributed by atoms with Gasteiger partial charge in [0.1, 0.15) is 21.6 Å². The minimum atomic E-state index is -0.371. The summed E-state index contributed by atoms with van der Waals surface area (Å²) in [4.78, 5) is 22.6. The minimum Gasteiger partial charge on any atom is -0.397 e. The number of halogens is 1. The number of thiazole rings is 1. The molecule has 0 fully saturated rings. The molecular weight excluding hydrogens is 496 g/mol. The second-order valence-electron chi connectivity index (χ2n) is 7.08. The van der Waals surface area contributed by atoms with E-state index in [9.17, 15) is 10.1 Å². The van der Waals surface area contributed by atoms with E-state index in [1.54, 1.807) is 0 Å². The summed E-state index contributed by atoms with van der Waals surface area (Å²) in [7, 11) is 0. The number of benzene rings is 1. The van der Waals surface area contributed by atoms with Gasteiger partial charge in [-0.2, -0.15) is 5.26 Å². The number of rotatable bonds is 4. The quantitative estimate of drug-likeness (QED) is 0.326. The van der Waals surface area contributed by atoms with Crippen molar-refractivity contribution in [1.29, 1.82) is 5.26 Å². The monoisotopic (exact) mass is 512 g/mol. The molecule has 10 heteroatoms. The standard InChI is InChI=1S/C21H17BrN6OS2/c1-9(2)14-12(7-23)18(25)27-20-15(14)16(24)17(31-20)19(29)28-21-26-13(8-30-21)10-3-5-11(22)6-4-10/h3-6,8-9H,24H2,1-2H3,(H2,25,27)(H,26,28,29). The predicted molar refractivity (Wildman–Crippen MR) is 130 cm³/mol. The van der Waals surface area contributed by atoms with Gasteiger partial charge in [-0.15, -0.1) is 22.7 Å². The van der Waals surface area contributed by atoms with Gasteiger partial charge in [-0.05, 0) is 23.6 Å². The van der Waals surface area contributed by atoms with Crippen LogP contribution in [0.2, 0.25) is 0 Å². The number of anilines is 3. The molecule has 0 atom stereocenters. The van der Waals surface area contributed by atoms with Crippen LogP contribution >= 0.6 is 38.6 Å². The molecule has 7 nitrogen and oxygen atoms in total. The van der Waals surface area contributed by atoms with Crippen molar-refractivity contribution in [3.63, 3.8) is 0 Å². The van der Waals surface area contributed by atoms with Gasteiger partial charge in [-0.1, -0.05) is 41.9 Å². The maximum atomic E-state index is 13.0. The number of hydrogen-bond acceptors (Lipinski definition) is 8. The summed E-state index contributed by atoms with van der Waals surface area (Å²) in [5.41, 5.74) is 15.4. The zero-order chi connectivity index (χ0) is 22.3. The van der Waals surface area contributed by atoms with Crippen LogP contribution in [-0.4, -0.2) is 15.9 Å². The van der Waals surface area contributed by atoms with Crippen LogP contribution in [0.3, 0.4) is 0 Å². The Morgan fingerprint density at radius 3 is 2.58 bits per heavy atom. The molecule has 3 aromatic heterocycles. The van der Waals surface area contributed by atoms with E-state index >= 15 is 0 Å². The number of nitrogens with two attached hydrogens (primary N) is 2. The van der Waals surface area contributed by atoms with Gasteiger partial charge in [0.25, 0.3) is 5.91 Å². The molecule has 0 aliphatic rings. The summed E-state index contributed by atoms with van der Waals surface area (Å²) < 4.78 is 0.981. The summed E-state index contributed by atoms with van der Waals surface area (Å²) in [6.45, 7) is 3.90. The first-order valence-electron chi connectivity index (χ1n) is 9.24. The molecule has 4 rings (SSSR count). The van der Waals surface area contributed by atoms with Crippen molar-refractivity contribution in [2.75, 3.05) is 16.8 Å². The summed E-state index contributed by atoms with van der Waals surface area (Å²) in [6, 6.07) is 9.88. The molecule has 0 radical (unpaired) electrons. The van der Waals surface area contributed by atoms with Gasteiger partial charge in [0.2, 0.25) is 0 Å². The van der Waals surface area contributed by atoms with Crippen molar-refractivity contribution in [3.8, 4) is 17.3 Å². The van der Waals surface area contributed by atoms with E-state index in [1.165, 1.54) is 11.3 Å². The van der Waals surface area contributed by atoms with Crippen molar-refractivity contribution in [3.05, 3.63) is 50.1 Å². The predicted octanol–water partition coefficient (Wildman–Crippen LogP) is 5.59. The van der Waals surface area contributed by atoms with Crippen molar-refractivity contribution < 1.29 is 4.79 Å². The third-order valence-corrected chi connectivity index (χ3v) is 7.09. The fourth-order valence-electron chi connectivity index (χ4n) is 3.30. The van der Waals surface area contributed by atoms with Gasteiger partial charge < -0.3 is 11.5 Å². The molecule has 4 aromatic rings. The molecule has 1 amide bonds. The van der Waals surface area contributed by atoms with Gasteiger partial charge in [-0.3, -0.25) is 10.1 Å². The van der Waals surface area contributed by atoms with Gasteiger partial charge in [-0.25, -0.2) is 9.97 Å². The van der Waals surface area contributed by atoms with E-state index in [0.29, 0.717) is 37.0 Å². The van der Waals surface area contributed by atoms with Gasteiger partial charge in [0.05, 0.1) is 16.9 Å². The lowest BCUT2D eigenvalue weighted by Crippen LogP contribution is -2.12.